The zero-order valence-corrected chi connectivity index (χ0v) is 14.4. The van der Waals surface area contributed by atoms with Crippen LogP contribution in [0, 0.1) is 13.8 Å². The van der Waals surface area contributed by atoms with Crippen LogP contribution in [-0.2, 0) is 9.59 Å². The van der Waals surface area contributed by atoms with Gasteiger partial charge in [-0.1, -0.05) is 23.8 Å². The molecule has 0 aliphatic rings. The Morgan fingerprint density at radius 2 is 1.88 bits per heavy atom. The van der Waals surface area contributed by atoms with Gasteiger partial charge in [0.2, 0.25) is 5.91 Å². The number of carbonyl (C=O) groups excluding carboxylic acids is 2. The lowest BCUT2D eigenvalue weighted by atomic mass is 10.1. The standard InChI is InChI=1S/C19H22N2O3/c1-13-8-9-18(14(2)10-13)24-12-19(23)20-16-6-5-7-17(11-16)21(4)15(3)22/h5-11H,12H2,1-4H3,(H,20,23). The number of nitrogens with one attached hydrogen (secondary N) is 1. The lowest BCUT2D eigenvalue weighted by Crippen LogP contribution is -2.23. The van der Waals surface area contributed by atoms with Gasteiger partial charge >= 0.3 is 0 Å². The Balaban J connectivity index is 1.97. The third-order valence-electron chi connectivity index (χ3n) is 3.68. The molecular weight excluding hydrogens is 304 g/mol. The summed E-state index contributed by atoms with van der Waals surface area (Å²) < 4.78 is 5.57. The number of hydrogen-bond acceptors (Lipinski definition) is 3. The van der Waals surface area contributed by atoms with Gasteiger partial charge in [0.15, 0.2) is 6.61 Å². The molecule has 0 aromatic heterocycles. The van der Waals surface area contributed by atoms with Gasteiger partial charge in [0.05, 0.1) is 0 Å². The summed E-state index contributed by atoms with van der Waals surface area (Å²) >= 11 is 0. The molecule has 0 spiro atoms. The number of hydrogen-bond donors (Lipinski definition) is 1. The van der Waals surface area contributed by atoms with Crippen LogP contribution < -0.4 is 15.0 Å². The quantitative estimate of drug-likeness (QED) is 0.917. The summed E-state index contributed by atoms with van der Waals surface area (Å²) in [6, 6.07) is 12.9. The molecule has 0 unspecified atom stereocenters. The maximum atomic E-state index is 12.1. The van der Waals surface area contributed by atoms with Crippen LogP contribution in [0.5, 0.6) is 5.75 Å². The van der Waals surface area contributed by atoms with E-state index in [1.165, 1.54) is 11.8 Å². The van der Waals surface area contributed by atoms with Crippen LogP contribution >= 0.6 is 0 Å². The van der Waals surface area contributed by atoms with Crippen molar-refractivity contribution in [1.29, 1.82) is 0 Å². The first-order valence-electron chi connectivity index (χ1n) is 7.71. The molecule has 0 heterocycles. The van der Waals surface area contributed by atoms with E-state index in [1.807, 2.05) is 38.1 Å². The summed E-state index contributed by atoms with van der Waals surface area (Å²) in [5.74, 6) is 0.370. The molecule has 0 bridgehead atoms. The molecule has 0 saturated heterocycles. The van der Waals surface area contributed by atoms with E-state index in [4.69, 9.17) is 4.74 Å². The maximum absolute atomic E-state index is 12.1. The molecule has 0 saturated carbocycles. The second kappa shape index (κ2) is 7.64. The SMILES string of the molecule is CC(=O)N(C)c1cccc(NC(=O)COc2ccc(C)cc2C)c1. The highest BCUT2D eigenvalue weighted by Crippen LogP contribution is 2.20. The lowest BCUT2D eigenvalue weighted by molar-refractivity contribution is -0.118. The Morgan fingerprint density at radius 1 is 1.12 bits per heavy atom. The summed E-state index contributed by atoms with van der Waals surface area (Å²) in [4.78, 5) is 25.0. The van der Waals surface area contributed by atoms with E-state index in [-0.39, 0.29) is 18.4 Å². The predicted molar refractivity (Wildman–Crippen MR) is 95.6 cm³/mol. The Labute approximate surface area is 142 Å². The van der Waals surface area contributed by atoms with Crippen molar-refractivity contribution in [2.45, 2.75) is 20.8 Å². The van der Waals surface area contributed by atoms with Gasteiger partial charge in [0.1, 0.15) is 5.75 Å². The minimum absolute atomic E-state index is 0.0725. The summed E-state index contributed by atoms with van der Waals surface area (Å²) in [6.07, 6.45) is 0. The number of amides is 2. The molecule has 2 aromatic rings. The van der Waals surface area contributed by atoms with E-state index in [2.05, 4.69) is 5.32 Å². The average molecular weight is 326 g/mol. The highest BCUT2D eigenvalue weighted by Gasteiger charge is 2.09. The first-order valence-corrected chi connectivity index (χ1v) is 7.71. The molecule has 126 valence electrons. The second-order valence-corrected chi connectivity index (χ2v) is 5.73. The van der Waals surface area contributed by atoms with Crippen molar-refractivity contribution in [3.05, 3.63) is 53.6 Å². The Hall–Kier alpha value is -2.82. The third kappa shape index (κ3) is 4.59. The molecule has 2 aromatic carbocycles. The van der Waals surface area contributed by atoms with Gasteiger partial charge in [0, 0.05) is 25.3 Å². The molecule has 0 atom stereocenters. The number of nitrogens with zero attached hydrogens (tertiary/aromatic N) is 1. The van der Waals surface area contributed by atoms with Crippen molar-refractivity contribution in [3.63, 3.8) is 0 Å². The highest BCUT2D eigenvalue weighted by atomic mass is 16.5. The summed E-state index contributed by atoms with van der Waals surface area (Å²) in [7, 11) is 1.69. The summed E-state index contributed by atoms with van der Waals surface area (Å²) in [6.45, 7) is 5.37. The lowest BCUT2D eigenvalue weighted by Gasteiger charge is -2.16. The number of rotatable bonds is 5. The van der Waals surface area contributed by atoms with Crippen molar-refractivity contribution in [3.8, 4) is 5.75 Å². The molecule has 2 amide bonds. The van der Waals surface area contributed by atoms with E-state index in [1.54, 1.807) is 25.2 Å². The maximum Gasteiger partial charge on any atom is 0.262 e. The van der Waals surface area contributed by atoms with Gasteiger partial charge in [-0.25, -0.2) is 0 Å². The van der Waals surface area contributed by atoms with Gasteiger partial charge in [0.25, 0.3) is 5.91 Å². The van der Waals surface area contributed by atoms with Gasteiger partial charge in [-0.05, 0) is 43.7 Å². The van der Waals surface area contributed by atoms with Crippen LogP contribution in [0.25, 0.3) is 0 Å². The number of carbonyl (C=O) groups is 2. The fourth-order valence-corrected chi connectivity index (χ4v) is 2.28. The molecule has 0 aliphatic heterocycles. The van der Waals surface area contributed by atoms with Crippen molar-refractivity contribution in [2.75, 3.05) is 23.9 Å². The zero-order chi connectivity index (χ0) is 17.7. The van der Waals surface area contributed by atoms with Crippen LogP contribution in [0.4, 0.5) is 11.4 Å². The van der Waals surface area contributed by atoms with E-state index < -0.39 is 0 Å². The average Bonchev–Trinajstić information content (AvgIpc) is 2.53. The van der Waals surface area contributed by atoms with E-state index in [0.29, 0.717) is 11.4 Å². The van der Waals surface area contributed by atoms with Crippen LogP contribution in [-0.4, -0.2) is 25.5 Å². The Bertz CT molecular complexity index is 756. The minimum atomic E-state index is -0.252. The fraction of sp³-hybridized carbons (Fsp3) is 0.263. The van der Waals surface area contributed by atoms with Crippen molar-refractivity contribution >= 4 is 23.2 Å². The number of benzene rings is 2. The minimum Gasteiger partial charge on any atom is -0.483 e. The number of anilines is 2. The second-order valence-electron chi connectivity index (χ2n) is 5.73. The van der Waals surface area contributed by atoms with E-state index in [0.717, 1.165) is 16.8 Å². The largest absolute Gasteiger partial charge is 0.483 e. The highest BCUT2D eigenvalue weighted by molar-refractivity contribution is 5.94. The molecule has 0 aliphatic carbocycles. The molecule has 1 N–H and O–H groups in total. The molecule has 24 heavy (non-hydrogen) atoms. The number of ether oxygens (including phenoxy) is 1. The van der Waals surface area contributed by atoms with Crippen molar-refractivity contribution in [1.82, 2.24) is 0 Å². The van der Waals surface area contributed by atoms with E-state index >= 15 is 0 Å². The topological polar surface area (TPSA) is 58.6 Å². The summed E-state index contributed by atoms with van der Waals surface area (Å²) in [5.41, 5.74) is 3.48. The monoisotopic (exact) mass is 326 g/mol. The molecule has 2 rings (SSSR count). The van der Waals surface area contributed by atoms with Crippen molar-refractivity contribution < 1.29 is 14.3 Å². The molecular formula is C19H22N2O3. The first kappa shape index (κ1) is 17.5. The van der Waals surface area contributed by atoms with Gasteiger partial charge < -0.3 is 15.0 Å². The Morgan fingerprint density at radius 3 is 2.54 bits per heavy atom. The van der Waals surface area contributed by atoms with Crippen LogP contribution in [0.1, 0.15) is 18.1 Å². The Kier molecular flexibility index (Phi) is 5.58. The number of aryl methyl sites for hydroxylation is 2. The normalized spacial score (nSPS) is 10.2. The predicted octanol–water partition coefficient (Wildman–Crippen LogP) is 3.30. The van der Waals surface area contributed by atoms with Crippen LogP contribution in [0.15, 0.2) is 42.5 Å². The molecule has 5 heteroatoms. The van der Waals surface area contributed by atoms with E-state index in [9.17, 15) is 9.59 Å². The van der Waals surface area contributed by atoms with Gasteiger partial charge in [-0.15, -0.1) is 0 Å². The van der Waals surface area contributed by atoms with Gasteiger partial charge in [-0.2, -0.15) is 0 Å². The smallest absolute Gasteiger partial charge is 0.262 e. The fourth-order valence-electron chi connectivity index (χ4n) is 2.28. The van der Waals surface area contributed by atoms with Gasteiger partial charge in [-0.3, -0.25) is 9.59 Å². The van der Waals surface area contributed by atoms with Crippen LogP contribution in [0.3, 0.4) is 0 Å². The van der Waals surface area contributed by atoms with Crippen molar-refractivity contribution in [2.24, 2.45) is 0 Å². The molecule has 5 nitrogen and oxygen atoms in total. The molecule has 0 fully saturated rings. The summed E-state index contributed by atoms with van der Waals surface area (Å²) in [5, 5.41) is 2.78. The third-order valence-corrected chi connectivity index (χ3v) is 3.68. The van der Waals surface area contributed by atoms with Crippen LogP contribution in [0.2, 0.25) is 0 Å². The zero-order valence-electron chi connectivity index (χ0n) is 14.4. The first-order chi connectivity index (χ1) is 11.4. The molecule has 0 radical (unpaired) electrons.